The van der Waals surface area contributed by atoms with Crippen molar-refractivity contribution >= 4 is 33.5 Å². The van der Waals surface area contributed by atoms with Crippen LogP contribution >= 0.6 is 0 Å². The Hall–Kier alpha value is -3.71. The Morgan fingerprint density at radius 3 is 2.46 bits per heavy atom. The van der Waals surface area contributed by atoms with Crippen LogP contribution in [0.25, 0.3) is 32.9 Å². The first-order valence-corrected chi connectivity index (χ1v) is 11.9. The molecule has 35 heavy (non-hydrogen) atoms. The van der Waals surface area contributed by atoms with E-state index in [1.165, 1.54) is 13.2 Å². The molecule has 5 rings (SSSR count). The minimum absolute atomic E-state index is 0.107. The summed E-state index contributed by atoms with van der Waals surface area (Å²) >= 11 is 0. The molecular formula is C28H28FN3O3. The number of ketones is 1. The van der Waals surface area contributed by atoms with Crippen LogP contribution < -0.4 is 16.2 Å². The smallest absolute Gasteiger partial charge is 0.250 e. The van der Waals surface area contributed by atoms with Gasteiger partial charge >= 0.3 is 0 Å². The average Bonchev–Trinajstić information content (AvgIpc) is 3.22. The van der Waals surface area contributed by atoms with E-state index in [9.17, 15) is 14.0 Å². The number of H-pyrrole nitrogens is 1. The number of aromatic nitrogens is 1. The molecule has 0 aliphatic heterocycles. The number of hydrogen-bond donors (Lipinski definition) is 3. The molecule has 4 aromatic rings. The van der Waals surface area contributed by atoms with Gasteiger partial charge in [0.05, 0.1) is 18.2 Å². The summed E-state index contributed by atoms with van der Waals surface area (Å²) in [6, 6.07) is 14.0. The van der Waals surface area contributed by atoms with Crippen molar-refractivity contribution in [3.63, 3.8) is 0 Å². The van der Waals surface area contributed by atoms with E-state index in [4.69, 9.17) is 16.2 Å². The van der Waals surface area contributed by atoms with E-state index in [0.717, 1.165) is 42.0 Å². The van der Waals surface area contributed by atoms with E-state index in [1.54, 1.807) is 18.2 Å². The summed E-state index contributed by atoms with van der Waals surface area (Å²) in [5.41, 5.74) is 15.2. The highest BCUT2D eigenvalue weighted by Gasteiger charge is 2.22. The summed E-state index contributed by atoms with van der Waals surface area (Å²) < 4.78 is 19.4. The fraction of sp³-hybridized carbons (Fsp3) is 0.286. The van der Waals surface area contributed by atoms with Crippen LogP contribution in [0.1, 0.15) is 52.8 Å². The second kappa shape index (κ2) is 9.15. The number of carbonyl (C=O) groups excluding carboxylic acids is 2. The van der Waals surface area contributed by atoms with Crippen LogP contribution in [0.2, 0.25) is 0 Å². The largest absolute Gasteiger partial charge is 0.494 e. The zero-order valence-corrected chi connectivity index (χ0v) is 19.6. The van der Waals surface area contributed by atoms with E-state index >= 15 is 0 Å². The predicted octanol–water partition coefficient (Wildman–Crippen LogP) is 5.33. The minimum Gasteiger partial charge on any atom is -0.494 e. The highest BCUT2D eigenvalue weighted by molar-refractivity contribution is 6.17. The van der Waals surface area contributed by atoms with E-state index in [-0.39, 0.29) is 17.6 Å². The van der Waals surface area contributed by atoms with Gasteiger partial charge in [-0.2, -0.15) is 0 Å². The molecule has 0 spiro atoms. The maximum Gasteiger partial charge on any atom is 0.250 e. The van der Waals surface area contributed by atoms with Crippen LogP contribution in [-0.4, -0.2) is 29.8 Å². The normalized spacial score (nSPS) is 18.1. The molecule has 0 unspecified atom stereocenters. The van der Waals surface area contributed by atoms with Crippen molar-refractivity contribution < 1.29 is 18.7 Å². The summed E-state index contributed by atoms with van der Waals surface area (Å²) in [5.74, 6) is -0.465. The molecule has 1 aliphatic rings. The molecule has 1 aromatic heterocycles. The topological polar surface area (TPSA) is 111 Å². The molecule has 0 saturated heterocycles. The average molecular weight is 474 g/mol. The zero-order valence-electron chi connectivity index (χ0n) is 19.6. The van der Waals surface area contributed by atoms with E-state index < -0.39 is 11.7 Å². The number of ether oxygens (including phenoxy) is 1. The van der Waals surface area contributed by atoms with Gasteiger partial charge in [-0.15, -0.1) is 0 Å². The molecule has 7 heteroatoms. The maximum absolute atomic E-state index is 14.3. The maximum atomic E-state index is 14.3. The Labute approximate surface area is 202 Å². The monoisotopic (exact) mass is 473 g/mol. The quantitative estimate of drug-likeness (QED) is 0.329. The molecule has 3 aromatic carbocycles. The molecule has 6 nitrogen and oxygen atoms in total. The minimum atomic E-state index is -0.593. The Morgan fingerprint density at radius 2 is 1.77 bits per heavy atom. The third kappa shape index (κ3) is 4.39. The molecule has 1 heterocycles. The predicted molar refractivity (Wildman–Crippen MR) is 135 cm³/mol. The second-order valence-corrected chi connectivity index (χ2v) is 9.45. The van der Waals surface area contributed by atoms with Gasteiger partial charge in [0.15, 0.2) is 17.3 Å². The van der Waals surface area contributed by atoms with E-state index in [2.05, 4.69) is 4.98 Å². The van der Waals surface area contributed by atoms with Gasteiger partial charge < -0.3 is 21.2 Å². The van der Waals surface area contributed by atoms with Crippen molar-refractivity contribution in [2.24, 2.45) is 17.4 Å². The highest BCUT2D eigenvalue weighted by atomic mass is 19.1. The van der Waals surface area contributed by atoms with Gasteiger partial charge in [0.2, 0.25) is 0 Å². The number of primary amides is 1. The number of methoxy groups -OCH3 is 1. The van der Waals surface area contributed by atoms with Gasteiger partial charge in [-0.1, -0.05) is 18.2 Å². The van der Waals surface area contributed by atoms with E-state index in [1.807, 2.05) is 24.3 Å². The van der Waals surface area contributed by atoms with Crippen molar-refractivity contribution in [3.05, 3.63) is 65.5 Å². The molecule has 0 atom stereocenters. The lowest BCUT2D eigenvalue weighted by Crippen LogP contribution is -2.27. The number of halogens is 1. The molecular weight excluding hydrogens is 445 g/mol. The summed E-state index contributed by atoms with van der Waals surface area (Å²) in [6.45, 7) is 0. The van der Waals surface area contributed by atoms with Crippen molar-refractivity contribution in [2.45, 2.75) is 38.1 Å². The molecule has 1 amide bonds. The standard InChI is InChI=1S/C28H28FN3O3/c1-35-26-9-5-16(13-23(26)29)18-11-21-20-8-4-17(25(33)10-15-2-6-19(30)7-3-15)14-24(20)32-27(21)22(12-18)28(31)34/h4-5,8-9,11-15,19,32H,2-3,6-7,10,30H2,1H3,(H2,31,34). The molecule has 180 valence electrons. The Kier molecular flexibility index (Phi) is 6.03. The molecule has 0 bridgehead atoms. The van der Waals surface area contributed by atoms with Crippen LogP contribution in [-0.2, 0) is 0 Å². The number of nitrogens with one attached hydrogen (secondary N) is 1. The number of hydrogen-bond acceptors (Lipinski definition) is 4. The lowest BCUT2D eigenvalue weighted by atomic mass is 9.82. The van der Waals surface area contributed by atoms with Crippen molar-refractivity contribution in [1.29, 1.82) is 0 Å². The number of carbonyl (C=O) groups is 2. The molecule has 1 fully saturated rings. The number of aromatic amines is 1. The second-order valence-electron chi connectivity index (χ2n) is 9.45. The first kappa shape index (κ1) is 23.1. The van der Waals surface area contributed by atoms with Gasteiger partial charge in [-0.05, 0) is 73.1 Å². The van der Waals surface area contributed by atoms with Gasteiger partial charge in [-0.25, -0.2) is 4.39 Å². The molecule has 1 saturated carbocycles. The third-order valence-corrected chi connectivity index (χ3v) is 7.15. The number of amides is 1. The Morgan fingerprint density at radius 1 is 1.00 bits per heavy atom. The van der Waals surface area contributed by atoms with E-state index in [0.29, 0.717) is 40.1 Å². The van der Waals surface area contributed by atoms with Crippen molar-refractivity contribution in [1.82, 2.24) is 4.98 Å². The van der Waals surface area contributed by atoms with Crippen LogP contribution in [0.3, 0.4) is 0 Å². The van der Waals surface area contributed by atoms with Crippen molar-refractivity contribution in [3.8, 4) is 16.9 Å². The SMILES string of the molecule is COc1ccc(-c2cc(C(N)=O)c3[nH]c4cc(C(=O)CC5CCC(N)CC5)ccc4c3c2)cc1F. The van der Waals surface area contributed by atoms with Gasteiger partial charge in [0.1, 0.15) is 0 Å². The van der Waals surface area contributed by atoms with Crippen LogP contribution in [0.5, 0.6) is 5.75 Å². The lowest BCUT2D eigenvalue weighted by molar-refractivity contribution is 0.0947. The number of nitrogens with two attached hydrogens (primary N) is 2. The summed E-state index contributed by atoms with van der Waals surface area (Å²) in [6.07, 6.45) is 4.42. The number of fused-ring (bicyclic) bond motifs is 3. The summed E-state index contributed by atoms with van der Waals surface area (Å²) in [4.78, 5) is 28.6. The third-order valence-electron chi connectivity index (χ3n) is 7.15. The summed E-state index contributed by atoms with van der Waals surface area (Å²) in [5, 5.41) is 1.64. The van der Waals surface area contributed by atoms with Gasteiger partial charge in [0.25, 0.3) is 5.91 Å². The Balaban J connectivity index is 1.54. The molecule has 1 aliphatic carbocycles. The molecule has 0 radical (unpaired) electrons. The van der Waals surface area contributed by atoms with Gasteiger partial charge in [-0.3, -0.25) is 9.59 Å². The number of benzene rings is 3. The highest BCUT2D eigenvalue weighted by Crippen LogP contribution is 2.35. The number of rotatable bonds is 6. The zero-order chi connectivity index (χ0) is 24.7. The fourth-order valence-corrected chi connectivity index (χ4v) is 5.16. The van der Waals surface area contributed by atoms with Gasteiger partial charge in [0, 0.05) is 34.3 Å². The van der Waals surface area contributed by atoms with Crippen molar-refractivity contribution in [2.75, 3.05) is 7.11 Å². The fourth-order valence-electron chi connectivity index (χ4n) is 5.16. The molecule has 5 N–H and O–H groups in total. The first-order chi connectivity index (χ1) is 16.8. The number of Topliss-reactive ketones (excluding diaryl/α,β-unsaturated/α-hetero) is 1. The Bertz CT molecular complexity index is 1450. The first-order valence-electron chi connectivity index (χ1n) is 11.9. The van der Waals surface area contributed by atoms with Crippen LogP contribution in [0.4, 0.5) is 4.39 Å². The van der Waals surface area contributed by atoms with Crippen LogP contribution in [0.15, 0.2) is 48.5 Å². The summed E-state index contributed by atoms with van der Waals surface area (Å²) in [7, 11) is 1.41. The van der Waals surface area contributed by atoms with Crippen LogP contribution in [0, 0.1) is 11.7 Å². The lowest BCUT2D eigenvalue weighted by Gasteiger charge is -2.25.